The number of nitrogens with zero attached hydrogens (tertiary/aromatic N) is 1. The van der Waals surface area contributed by atoms with Crippen LogP contribution < -0.4 is 0 Å². The number of ketones is 1. The van der Waals surface area contributed by atoms with Crippen LogP contribution in [0.15, 0.2) is 36.4 Å². The van der Waals surface area contributed by atoms with E-state index in [9.17, 15) is 14.4 Å². The minimum absolute atomic E-state index is 0.0177. The predicted octanol–water partition coefficient (Wildman–Crippen LogP) is 4.59. The van der Waals surface area contributed by atoms with Gasteiger partial charge in [-0.2, -0.15) is 5.26 Å². The van der Waals surface area contributed by atoms with E-state index in [1.807, 2.05) is 32.0 Å². The Balaban J connectivity index is 2.43. The second-order valence-corrected chi connectivity index (χ2v) is 5.30. The van der Waals surface area contributed by atoms with Gasteiger partial charge in [-0.25, -0.2) is 4.39 Å². The Morgan fingerprint density at radius 1 is 1.19 bits per heavy atom. The average Bonchev–Trinajstić information content (AvgIpc) is 2.43. The third-order valence-electron chi connectivity index (χ3n) is 3.45. The third kappa shape index (κ3) is 3.12. The lowest BCUT2D eigenvalue weighted by atomic mass is 9.90. The molecule has 2 aromatic rings. The zero-order valence-electron chi connectivity index (χ0n) is 11.7. The molecule has 0 fully saturated rings. The van der Waals surface area contributed by atoms with Crippen LogP contribution >= 0.6 is 11.6 Å². The average molecular weight is 302 g/mol. The van der Waals surface area contributed by atoms with Gasteiger partial charge >= 0.3 is 0 Å². The highest BCUT2D eigenvalue weighted by molar-refractivity contribution is 6.34. The number of Topliss-reactive ketones (excluding diaryl/α,β-unsaturated/α-hetero) is 1. The maximum atomic E-state index is 13.1. The molecule has 1 atom stereocenters. The monoisotopic (exact) mass is 301 g/mol. The Bertz CT molecular complexity index is 749. The van der Waals surface area contributed by atoms with Gasteiger partial charge in [-0.1, -0.05) is 29.8 Å². The molecule has 0 N–H and O–H groups in total. The van der Waals surface area contributed by atoms with Gasteiger partial charge in [0.15, 0.2) is 5.78 Å². The van der Waals surface area contributed by atoms with Crippen LogP contribution in [0.2, 0.25) is 5.02 Å². The smallest absolute Gasteiger partial charge is 0.185 e. The van der Waals surface area contributed by atoms with Gasteiger partial charge in [-0.05, 0) is 48.7 Å². The van der Waals surface area contributed by atoms with Gasteiger partial charge in [0, 0.05) is 5.56 Å². The lowest BCUT2D eigenvalue weighted by Gasteiger charge is -2.12. The number of aryl methyl sites for hydroxylation is 2. The zero-order chi connectivity index (χ0) is 15.6. The number of carbonyl (C=O) groups is 1. The maximum Gasteiger partial charge on any atom is 0.185 e. The highest BCUT2D eigenvalue weighted by atomic mass is 35.5. The van der Waals surface area contributed by atoms with Crippen LogP contribution in [0.25, 0.3) is 0 Å². The molecule has 0 radical (unpaired) electrons. The topological polar surface area (TPSA) is 40.9 Å². The molecule has 0 amide bonds. The first-order valence-electron chi connectivity index (χ1n) is 6.40. The van der Waals surface area contributed by atoms with E-state index in [-0.39, 0.29) is 10.6 Å². The minimum atomic E-state index is -0.952. The third-order valence-corrected chi connectivity index (χ3v) is 3.76. The quantitative estimate of drug-likeness (QED) is 0.778. The van der Waals surface area contributed by atoms with Gasteiger partial charge < -0.3 is 0 Å². The van der Waals surface area contributed by atoms with Crippen molar-refractivity contribution >= 4 is 17.4 Å². The van der Waals surface area contributed by atoms with E-state index < -0.39 is 17.5 Å². The Kier molecular flexibility index (Phi) is 4.40. The Labute approximate surface area is 127 Å². The SMILES string of the molecule is Cc1ccc(C(C#N)C(=O)c2ccc(F)cc2Cl)cc1C. The van der Waals surface area contributed by atoms with Crippen molar-refractivity contribution in [3.63, 3.8) is 0 Å². The van der Waals surface area contributed by atoms with E-state index in [1.165, 1.54) is 6.07 Å². The van der Waals surface area contributed by atoms with Crippen molar-refractivity contribution in [2.24, 2.45) is 0 Å². The van der Waals surface area contributed by atoms with E-state index in [0.717, 1.165) is 23.3 Å². The molecule has 21 heavy (non-hydrogen) atoms. The molecule has 1 unspecified atom stereocenters. The first-order chi connectivity index (χ1) is 9.93. The van der Waals surface area contributed by atoms with E-state index in [0.29, 0.717) is 5.56 Å². The van der Waals surface area contributed by atoms with Gasteiger partial charge in [0.2, 0.25) is 0 Å². The van der Waals surface area contributed by atoms with Crippen molar-refractivity contribution in [2.75, 3.05) is 0 Å². The summed E-state index contributed by atoms with van der Waals surface area (Å²) in [5, 5.41) is 9.35. The lowest BCUT2D eigenvalue weighted by Crippen LogP contribution is -2.12. The molecule has 2 aromatic carbocycles. The van der Waals surface area contributed by atoms with E-state index in [4.69, 9.17) is 11.6 Å². The molecule has 0 saturated heterocycles. The van der Waals surface area contributed by atoms with Crippen LogP contribution in [0.4, 0.5) is 4.39 Å². The number of carbonyl (C=O) groups excluding carboxylic acids is 1. The second-order valence-electron chi connectivity index (χ2n) is 4.89. The van der Waals surface area contributed by atoms with Crippen LogP contribution in [0.1, 0.15) is 33.0 Å². The largest absolute Gasteiger partial charge is 0.292 e. The fraction of sp³-hybridized carbons (Fsp3) is 0.176. The number of nitriles is 1. The summed E-state index contributed by atoms with van der Waals surface area (Å²) in [4.78, 5) is 12.5. The number of hydrogen-bond donors (Lipinski definition) is 0. The second kappa shape index (κ2) is 6.07. The predicted molar refractivity (Wildman–Crippen MR) is 80.0 cm³/mol. The van der Waals surface area contributed by atoms with Crippen LogP contribution in [0.5, 0.6) is 0 Å². The summed E-state index contributed by atoms with van der Waals surface area (Å²) in [6.07, 6.45) is 0. The fourth-order valence-corrected chi connectivity index (χ4v) is 2.33. The van der Waals surface area contributed by atoms with E-state index >= 15 is 0 Å². The van der Waals surface area contributed by atoms with Gasteiger partial charge in [-0.3, -0.25) is 4.79 Å². The van der Waals surface area contributed by atoms with Crippen molar-refractivity contribution in [3.8, 4) is 6.07 Å². The molecule has 4 heteroatoms. The zero-order valence-corrected chi connectivity index (χ0v) is 12.4. The summed E-state index contributed by atoms with van der Waals surface area (Å²) >= 11 is 5.90. The Hall–Kier alpha value is -2.18. The Morgan fingerprint density at radius 3 is 2.48 bits per heavy atom. The highest BCUT2D eigenvalue weighted by Gasteiger charge is 2.24. The fourth-order valence-electron chi connectivity index (χ4n) is 2.07. The molecule has 0 aliphatic heterocycles. The summed E-state index contributed by atoms with van der Waals surface area (Å²) in [6, 6.07) is 11.0. The standard InChI is InChI=1S/C17H13ClFNO/c1-10-3-4-12(7-11(10)2)15(9-20)17(21)14-6-5-13(19)8-16(14)18/h3-8,15H,1-2H3. The normalized spacial score (nSPS) is 11.8. The summed E-state index contributed by atoms with van der Waals surface area (Å²) in [5.41, 5.74) is 2.86. The minimum Gasteiger partial charge on any atom is -0.292 e. The molecule has 0 bridgehead atoms. The van der Waals surface area contributed by atoms with Gasteiger partial charge in [0.1, 0.15) is 11.7 Å². The molecule has 106 valence electrons. The molecule has 0 spiro atoms. The van der Waals surface area contributed by atoms with Crippen LogP contribution in [-0.2, 0) is 0 Å². The van der Waals surface area contributed by atoms with Gasteiger partial charge in [0.25, 0.3) is 0 Å². The lowest BCUT2D eigenvalue weighted by molar-refractivity contribution is 0.0979. The molecule has 0 saturated carbocycles. The molecule has 2 nitrogen and oxygen atoms in total. The van der Waals surface area contributed by atoms with Crippen molar-refractivity contribution in [2.45, 2.75) is 19.8 Å². The van der Waals surface area contributed by atoms with Crippen molar-refractivity contribution in [1.29, 1.82) is 5.26 Å². The number of rotatable bonds is 3. The van der Waals surface area contributed by atoms with Gasteiger partial charge in [0.05, 0.1) is 11.1 Å². The summed E-state index contributed by atoms with van der Waals surface area (Å²) < 4.78 is 13.1. The van der Waals surface area contributed by atoms with Gasteiger partial charge in [-0.15, -0.1) is 0 Å². The Morgan fingerprint density at radius 2 is 1.90 bits per heavy atom. The van der Waals surface area contributed by atoms with Crippen LogP contribution in [0, 0.1) is 31.0 Å². The first-order valence-corrected chi connectivity index (χ1v) is 6.78. The number of hydrogen-bond acceptors (Lipinski definition) is 2. The highest BCUT2D eigenvalue weighted by Crippen LogP contribution is 2.26. The van der Waals surface area contributed by atoms with E-state index in [1.54, 1.807) is 6.07 Å². The first kappa shape index (κ1) is 15.2. The van der Waals surface area contributed by atoms with Crippen LogP contribution in [-0.4, -0.2) is 5.78 Å². The molecule has 0 aliphatic rings. The maximum absolute atomic E-state index is 13.1. The van der Waals surface area contributed by atoms with Crippen molar-refractivity contribution in [3.05, 3.63) is 69.5 Å². The number of benzene rings is 2. The molecular formula is C17H13ClFNO. The molecule has 0 aromatic heterocycles. The van der Waals surface area contributed by atoms with Crippen molar-refractivity contribution < 1.29 is 9.18 Å². The summed E-state index contributed by atoms with van der Waals surface area (Å²) in [5.74, 6) is -1.89. The summed E-state index contributed by atoms with van der Waals surface area (Å²) in [6.45, 7) is 3.88. The van der Waals surface area contributed by atoms with Crippen molar-refractivity contribution in [1.82, 2.24) is 0 Å². The molecule has 0 heterocycles. The van der Waals surface area contributed by atoms with Crippen LogP contribution in [0.3, 0.4) is 0 Å². The molecular weight excluding hydrogens is 289 g/mol. The summed E-state index contributed by atoms with van der Waals surface area (Å²) in [7, 11) is 0. The number of halogens is 2. The molecule has 2 rings (SSSR count). The van der Waals surface area contributed by atoms with E-state index in [2.05, 4.69) is 0 Å². The molecule has 0 aliphatic carbocycles.